The Morgan fingerprint density at radius 2 is 2.18 bits per heavy atom. The van der Waals surface area contributed by atoms with Gasteiger partial charge >= 0.3 is 0 Å². The molecule has 0 bridgehead atoms. The number of piperazine rings is 1. The van der Waals surface area contributed by atoms with Crippen molar-refractivity contribution >= 4 is 22.4 Å². The summed E-state index contributed by atoms with van der Waals surface area (Å²) in [6.45, 7) is 5.82. The molecule has 0 aliphatic carbocycles. The zero-order valence-corrected chi connectivity index (χ0v) is 13.8. The first-order valence-corrected chi connectivity index (χ1v) is 8.87. The SMILES string of the molecule is CCc1cnc(N2CCN(C(=O)[C@@H]3CC[C@H](CN)O3)CC2)s1. The van der Waals surface area contributed by atoms with Crippen molar-refractivity contribution in [1.82, 2.24) is 9.88 Å². The molecule has 0 saturated carbocycles. The highest BCUT2D eigenvalue weighted by atomic mass is 32.1. The fourth-order valence-corrected chi connectivity index (χ4v) is 3.89. The molecule has 3 heterocycles. The van der Waals surface area contributed by atoms with Crippen LogP contribution in [0.15, 0.2) is 6.20 Å². The van der Waals surface area contributed by atoms with Gasteiger partial charge in [0.1, 0.15) is 6.10 Å². The van der Waals surface area contributed by atoms with Crippen molar-refractivity contribution in [3.8, 4) is 0 Å². The van der Waals surface area contributed by atoms with E-state index >= 15 is 0 Å². The molecule has 2 N–H and O–H groups in total. The number of carbonyl (C=O) groups excluding carboxylic acids is 1. The van der Waals surface area contributed by atoms with Gasteiger partial charge in [-0.05, 0) is 19.3 Å². The van der Waals surface area contributed by atoms with E-state index in [4.69, 9.17) is 10.5 Å². The Kier molecular flexibility index (Phi) is 4.95. The predicted octanol–water partition coefficient (Wildman–Crippen LogP) is 0.860. The van der Waals surface area contributed by atoms with Crippen LogP contribution in [0.2, 0.25) is 0 Å². The van der Waals surface area contributed by atoms with Crippen molar-refractivity contribution < 1.29 is 9.53 Å². The van der Waals surface area contributed by atoms with Crippen LogP contribution in [0.4, 0.5) is 5.13 Å². The van der Waals surface area contributed by atoms with Crippen LogP contribution >= 0.6 is 11.3 Å². The first-order valence-electron chi connectivity index (χ1n) is 8.05. The topological polar surface area (TPSA) is 71.7 Å². The highest BCUT2D eigenvalue weighted by molar-refractivity contribution is 7.15. The Morgan fingerprint density at radius 3 is 2.77 bits per heavy atom. The molecule has 1 aromatic heterocycles. The smallest absolute Gasteiger partial charge is 0.251 e. The van der Waals surface area contributed by atoms with Crippen molar-refractivity contribution in [2.45, 2.75) is 38.4 Å². The van der Waals surface area contributed by atoms with Gasteiger partial charge in [-0.15, -0.1) is 11.3 Å². The summed E-state index contributed by atoms with van der Waals surface area (Å²) >= 11 is 1.75. The largest absolute Gasteiger partial charge is 0.364 e. The molecule has 1 amide bonds. The van der Waals surface area contributed by atoms with Crippen LogP contribution in [0.25, 0.3) is 0 Å². The van der Waals surface area contributed by atoms with Gasteiger partial charge in [-0.3, -0.25) is 4.79 Å². The molecule has 1 aromatic rings. The molecule has 7 heteroatoms. The lowest BCUT2D eigenvalue weighted by atomic mass is 10.1. The van der Waals surface area contributed by atoms with Crippen LogP contribution < -0.4 is 10.6 Å². The summed E-state index contributed by atoms with van der Waals surface area (Å²) in [7, 11) is 0. The first kappa shape index (κ1) is 15.7. The minimum atomic E-state index is -0.286. The van der Waals surface area contributed by atoms with E-state index in [1.807, 2.05) is 11.1 Å². The highest BCUT2D eigenvalue weighted by Crippen LogP contribution is 2.25. The molecule has 22 heavy (non-hydrogen) atoms. The second kappa shape index (κ2) is 6.93. The monoisotopic (exact) mass is 324 g/mol. The summed E-state index contributed by atoms with van der Waals surface area (Å²) in [5.41, 5.74) is 5.61. The van der Waals surface area contributed by atoms with E-state index in [1.165, 1.54) is 4.88 Å². The van der Waals surface area contributed by atoms with E-state index in [-0.39, 0.29) is 18.1 Å². The average molecular weight is 324 g/mol. The maximum absolute atomic E-state index is 12.5. The normalized spacial score (nSPS) is 25.7. The summed E-state index contributed by atoms with van der Waals surface area (Å²) < 4.78 is 5.71. The summed E-state index contributed by atoms with van der Waals surface area (Å²) in [6.07, 6.45) is 4.44. The quantitative estimate of drug-likeness (QED) is 0.889. The maximum Gasteiger partial charge on any atom is 0.251 e. The lowest BCUT2D eigenvalue weighted by Crippen LogP contribution is -2.51. The lowest BCUT2D eigenvalue weighted by molar-refractivity contribution is -0.143. The van der Waals surface area contributed by atoms with Crippen LogP contribution in [0.3, 0.4) is 0 Å². The predicted molar refractivity (Wildman–Crippen MR) is 87.2 cm³/mol. The van der Waals surface area contributed by atoms with Crippen LogP contribution in [0.5, 0.6) is 0 Å². The Hall–Kier alpha value is -1.18. The van der Waals surface area contributed by atoms with Crippen molar-refractivity contribution in [3.63, 3.8) is 0 Å². The second-order valence-corrected chi connectivity index (χ2v) is 6.93. The van der Waals surface area contributed by atoms with Crippen molar-refractivity contribution in [2.24, 2.45) is 5.73 Å². The zero-order valence-electron chi connectivity index (χ0n) is 13.0. The maximum atomic E-state index is 12.5. The number of carbonyl (C=O) groups is 1. The number of anilines is 1. The molecule has 2 fully saturated rings. The third kappa shape index (κ3) is 3.26. The number of rotatable bonds is 4. The third-order valence-electron chi connectivity index (χ3n) is 4.40. The van der Waals surface area contributed by atoms with Crippen LogP contribution in [-0.4, -0.2) is 60.7 Å². The van der Waals surface area contributed by atoms with Crippen LogP contribution in [0, 0.1) is 0 Å². The molecule has 0 radical (unpaired) electrons. The van der Waals surface area contributed by atoms with Crippen LogP contribution in [0.1, 0.15) is 24.6 Å². The molecule has 2 saturated heterocycles. The summed E-state index contributed by atoms with van der Waals surface area (Å²) in [4.78, 5) is 22.5. The van der Waals surface area contributed by atoms with Crippen LogP contribution in [-0.2, 0) is 16.0 Å². The number of amides is 1. The minimum Gasteiger partial charge on any atom is -0.364 e. The number of nitrogens with two attached hydrogens (primary N) is 1. The van der Waals surface area contributed by atoms with Gasteiger partial charge in [-0.2, -0.15) is 0 Å². The number of aryl methyl sites for hydroxylation is 1. The molecule has 2 aliphatic rings. The Bertz CT molecular complexity index is 513. The molecule has 0 aromatic carbocycles. The Labute approximate surface area is 135 Å². The number of hydrogen-bond acceptors (Lipinski definition) is 6. The van der Waals surface area contributed by atoms with Gasteiger partial charge in [-0.25, -0.2) is 4.98 Å². The van der Waals surface area contributed by atoms with E-state index < -0.39 is 0 Å². The number of aromatic nitrogens is 1. The van der Waals surface area contributed by atoms with Gasteiger partial charge in [0.05, 0.1) is 6.10 Å². The molecule has 2 aliphatic heterocycles. The summed E-state index contributed by atoms with van der Waals surface area (Å²) in [5, 5.41) is 1.07. The zero-order chi connectivity index (χ0) is 15.5. The molecule has 2 atom stereocenters. The first-order chi connectivity index (χ1) is 10.7. The van der Waals surface area contributed by atoms with Crippen molar-refractivity contribution in [2.75, 3.05) is 37.6 Å². The number of thiazole rings is 1. The van der Waals surface area contributed by atoms with Gasteiger partial charge < -0.3 is 20.3 Å². The molecule has 0 spiro atoms. The Morgan fingerprint density at radius 1 is 1.41 bits per heavy atom. The third-order valence-corrected chi connectivity index (χ3v) is 5.60. The minimum absolute atomic E-state index is 0.0537. The fourth-order valence-electron chi connectivity index (χ4n) is 2.99. The molecule has 3 rings (SSSR count). The molecular weight excluding hydrogens is 300 g/mol. The van der Waals surface area contributed by atoms with Gasteiger partial charge in [0.2, 0.25) is 0 Å². The van der Waals surface area contributed by atoms with E-state index in [9.17, 15) is 4.79 Å². The van der Waals surface area contributed by atoms with Gasteiger partial charge in [0, 0.05) is 43.8 Å². The standard InChI is InChI=1S/C15H24N4O2S/c1-2-12-10-17-15(22-12)19-7-5-18(6-8-19)14(20)13-4-3-11(9-16)21-13/h10-11,13H,2-9,16H2,1H3/t11-,13+/m1/s1. The summed E-state index contributed by atoms with van der Waals surface area (Å²) in [5.74, 6) is 0.129. The average Bonchev–Trinajstić information content (AvgIpc) is 3.23. The number of ether oxygens (including phenoxy) is 1. The Balaban J connectivity index is 1.52. The van der Waals surface area contributed by atoms with Crippen molar-refractivity contribution in [1.29, 1.82) is 0 Å². The van der Waals surface area contributed by atoms with Gasteiger partial charge in [-0.1, -0.05) is 6.92 Å². The summed E-state index contributed by atoms with van der Waals surface area (Å²) in [6, 6.07) is 0. The van der Waals surface area contributed by atoms with Gasteiger partial charge in [0.25, 0.3) is 5.91 Å². The van der Waals surface area contributed by atoms with E-state index in [0.29, 0.717) is 6.54 Å². The lowest BCUT2D eigenvalue weighted by Gasteiger charge is -2.35. The molecular formula is C15H24N4O2S. The van der Waals surface area contributed by atoms with Gasteiger partial charge in [0.15, 0.2) is 5.13 Å². The fraction of sp³-hybridized carbons (Fsp3) is 0.733. The second-order valence-electron chi connectivity index (χ2n) is 5.83. The van der Waals surface area contributed by atoms with E-state index in [2.05, 4.69) is 16.8 Å². The molecule has 0 unspecified atom stereocenters. The number of nitrogens with zero attached hydrogens (tertiary/aromatic N) is 3. The van der Waals surface area contributed by atoms with Crippen molar-refractivity contribution in [3.05, 3.63) is 11.1 Å². The molecule has 6 nitrogen and oxygen atoms in total. The van der Waals surface area contributed by atoms with E-state index in [0.717, 1.165) is 50.6 Å². The number of hydrogen-bond donors (Lipinski definition) is 1. The van der Waals surface area contributed by atoms with E-state index in [1.54, 1.807) is 11.3 Å². The highest BCUT2D eigenvalue weighted by Gasteiger charge is 2.34. The molecule has 122 valence electrons.